The van der Waals surface area contributed by atoms with E-state index in [1.807, 2.05) is 0 Å². The average molecular weight is 319 g/mol. The van der Waals surface area contributed by atoms with Crippen molar-refractivity contribution in [1.29, 1.82) is 0 Å². The van der Waals surface area contributed by atoms with Gasteiger partial charge in [0, 0.05) is 5.41 Å². The second kappa shape index (κ2) is 5.06. The van der Waals surface area contributed by atoms with Gasteiger partial charge in [0.1, 0.15) is 6.10 Å². The number of hydrogen-bond donors (Lipinski definition) is 3. The van der Waals surface area contributed by atoms with Crippen LogP contribution in [0.25, 0.3) is 0 Å². The SMILES string of the molecule is C[C@]12CC[C@H]3[C@@H](CC=C4C[C@@H](O)CC[C@@]43C)[C@@H]1CC(=NO)[C@@H]2O. The molecule has 0 saturated heterocycles. The van der Waals surface area contributed by atoms with Gasteiger partial charge in [-0.25, -0.2) is 0 Å². The molecule has 3 saturated carbocycles. The molecule has 7 atom stereocenters. The zero-order chi connectivity index (χ0) is 16.4. The summed E-state index contributed by atoms with van der Waals surface area (Å²) in [5, 5.41) is 33.3. The Morgan fingerprint density at radius 2 is 1.87 bits per heavy atom. The van der Waals surface area contributed by atoms with Crippen LogP contribution in [-0.2, 0) is 0 Å². The first-order chi connectivity index (χ1) is 10.9. The standard InChI is InChI=1S/C19H29NO3/c1-18-7-5-12(21)9-11(18)3-4-13-14(18)6-8-19(2)15(13)10-16(20-23)17(19)22/h3,12-15,17,21-23H,4-10H2,1-2H3/t12-,13+,14-,15-,17-,18-,19-/m0/s1. The lowest BCUT2D eigenvalue weighted by atomic mass is 9.48. The molecule has 0 aromatic rings. The van der Waals surface area contributed by atoms with Crippen LogP contribution in [0.4, 0.5) is 0 Å². The molecule has 4 nitrogen and oxygen atoms in total. The Bertz CT molecular complexity index is 571. The molecule has 0 radical (unpaired) electrons. The number of nitrogens with zero attached hydrogens (tertiary/aromatic N) is 1. The Kier molecular flexibility index (Phi) is 3.44. The number of aliphatic hydroxyl groups is 2. The minimum absolute atomic E-state index is 0.140. The second-order valence-electron chi connectivity index (χ2n) is 8.90. The lowest BCUT2D eigenvalue weighted by Gasteiger charge is -2.57. The van der Waals surface area contributed by atoms with Crippen LogP contribution in [0.5, 0.6) is 0 Å². The van der Waals surface area contributed by atoms with Crippen molar-refractivity contribution >= 4 is 5.71 Å². The van der Waals surface area contributed by atoms with Crippen LogP contribution in [-0.4, -0.2) is 33.3 Å². The molecule has 0 aromatic carbocycles. The summed E-state index contributed by atoms with van der Waals surface area (Å²) < 4.78 is 0. The zero-order valence-corrected chi connectivity index (χ0v) is 14.2. The van der Waals surface area contributed by atoms with Crippen LogP contribution in [0, 0.1) is 28.6 Å². The minimum Gasteiger partial charge on any atom is -0.411 e. The van der Waals surface area contributed by atoms with Crippen molar-refractivity contribution in [2.45, 2.75) is 71.0 Å². The molecule has 0 heterocycles. The number of aliphatic hydroxyl groups excluding tert-OH is 2. The van der Waals surface area contributed by atoms with Crippen LogP contribution < -0.4 is 0 Å². The fourth-order valence-corrected chi connectivity index (χ4v) is 6.53. The molecule has 3 N–H and O–H groups in total. The van der Waals surface area contributed by atoms with Crippen LogP contribution in [0.3, 0.4) is 0 Å². The number of oxime groups is 1. The Morgan fingerprint density at radius 1 is 1.09 bits per heavy atom. The van der Waals surface area contributed by atoms with E-state index < -0.39 is 6.10 Å². The largest absolute Gasteiger partial charge is 0.411 e. The molecule has 4 aliphatic carbocycles. The first-order valence-electron chi connectivity index (χ1n) is 9.16. The molecular weight excluding hydrogens is 290 g/mol. The van der Waals surface area contributed by atoms with Crippen molar-refractivity contribution in [3.8, 4) is 0 Å². The fraction of sp³-hybridized carbons (Fsp3) is 0.842. The highest BCUT2D eigenvalue weighted by atomic mass is 16.4. The van der Waals surface area contributed by atoms with Crippen molar-refractivity contribution in [1.82, 2.24) is 0 Å². The Balaban J connectivity index is 1.69. The highest BCUT2D eigenvalue weighted by molar-refractivity contribution is 5.91. The lowest BCUT2D eigenvalue weighted by molar-refractivity contribution is -0.0671. The molecule has 4 rings (SSSR count). The molecule has 23 heavy (non-hydrogen) atoms. The van der Waals surface area contributed by atoms with E-state index >= 15 is 0 Å². The molecular formula is C19H29NO3. The maximum Gasteiger partial charge on any atom is 0.101 e. The van der Waals surface area contributed by atoms with Crippen LogP contribution >= 0.6 is 0 Å². The molecule has 0 bridgehead atoms. The van der Waals surface area contributed by atoms with Gasteiger partial charge < -0.3 is 15.4 Å². The van der Waals surface area contributed by atoms with Gasteiger partial charge in [0.2, 0.25) is 0 Å². The van der Waals surface area contributed by atoms with Crippen LogP contribution in [0.1, 0.15) is 58.8 Å². The summed E-state index contributed by atoms with van der Waals surface area (Å²) in [4.78, 5) is 0. The summed E-state index contributed by atoms with van der Waals surface area (Å²) in [6.45, 7) is 4.58. The first-order valence-corrected chi connectivity index (χ1v) is 9.16. The maximum absolute atomic E-state index is 10.6. The van der Waals surface area contributed by atoms with Gasteiger partial charge in [0.15, 0.2) is 0 Å². The number of allylic oxidation sites excluding steroid dienone is 1. The molecule has 0 spiro atoms. The minimum atomic E-state index is -0.593. The highest BCUT2D eigenvalue weighted by Gasteiger charge is 2.60. The van der Waals surface area contributed by atoms with Crippen molar-refractivity contribution in [2.75, 3.05) is 0 Å². The summed E-state index contributed by atoms with van der Waals surface area (Å²) in [6, 6.07) is 0. The van der Waals surface area contributed by atoms with E-state index in [9.17, 15) is 15.4 Å². The summed E-state index contributed by atoms with van der Waals surface area (Å²) in [5.41, 5.74) is 2.12. The van der Waals surface area contributed by atoms with E-state index in [0.29, 0.717) is 23.5 Å². The Hall–Kier alpha value is -0.870. The molecule has 0 amide bonds. The van der Waals surface area contributed by atoms with E-state index in [-0.39, 0.29) is 16.9 Å². The predicted molar refractivity (Wildman–Crippen MR) is 88.3 cm³/mol. The number of hydrogen-bond acceptors (Lipinski definition) is 4. The van der Waals surface area contributed by atoms with Crippen molar-refractivity contribution in [3.05, 3.63) is 11.6 Å². The van der Waals surface area contributed by atoms with Gasteiger partial charge in [0.25, 0.3) is 0 Å². The monoisotopic (exact) mass is 319 g/mol. The quantitative estimate of drug-likeness (QED) is 0.365. The Labute approximate surface area is 138 Å². The molecule has 0 aliphatic heterocycles. The smallest absolute Gasteiger partial charge is 0.101 e. The number of rotatable bonds is 0. The van der Waals surface area contributed by atoms with Gasteiger partial charge in [-0.15, -0.1) is 0 Å². The van der Waals surface area contributed by atoms with Crippen molar-refractivity contribution < 1.29 is 15.4 Å². The highest BCUT2D eigenvalue weighted by Crippen LogP contribution is 2.64. The molecule has 4 heteroatoms. The average Bonchev–Trinajstić information content (AvgIpc) is 2.79. The number of fused-ring (bicyclic) bond motifs is 5. The van der Waals surface area contributed by atoms with E-state index in [0.717, 1.165) is 44.9 Å². The zero-order valence-electron chi connectivity index (χ0n) is 14.2. The molecule has 4 aliphatic rings. The van der Waals surface area contributed by atoms with E-state index in [2.05, 4.69) is 25.1 Å². The maximum atomic E-state index is 10.6. The van der Waals surface area contributed by atoms with Crippen molar-refractivity contribution in [2.24, 2.45) is 33.7 Å². The van der Waals surface area contributed by atoms with Gasteiger partial charge in [-0.2, -0.15) is 0 Å². The van der Waals surface area contributed by atoms with Gasteiger partial charge in [-0.1, -0.05) is 30.7 Å². The van der Waals surface area contributed by atoms with Gasteiger partial charge >= 0.3 is 0 Å². The van der Waals surface area contributed by atoms with E-state index in [4.69, 9.17) is 0 Å². The molecule has 128 valence electrons. The summed E-state index contributed by atoms with van der Waals surface area (Å²) >= 11 is 0. The van der Waals surface area contributed by atoms with Crippen LogP contribution in [0.2, 0.25) is 0 Å². The van der Waals surface area contributed by atoms with Crippen molar-refractivity contribution in [3.63, 3.8) is 0 Å². The molecule has 3 fully saturated rings. The van der Waals surface area contributed by atoms with Gasteiger partial charge in [0.05, 0.1) is 11.8 Å². The predicted octanol–water partition coefficient (Wildman–Crippen LogP) is 3.11. The third kappa shape index (κ3) is 2.00. The fourth-order valence-electron chi connectivity index (χ4n) is 6.53. The molecule has 0 unspecified atom stereocenters. The third-order valence-electron chi connectivity index (χ3n) is 8.01. The van der Waals surface area contributed by atoms with E-state index in [1.54, 1.807) is 0 Å². The van der Waals surface area contributed by atoms with Gasteiger partial charge in [-0.3, -0.25) is 0 Å². The van der Waals surface area contributed by atoms with Gasteiger partial charge in [-0.05, 0) is 68.1 Å². The third-order valence-corrected chi connectivity index (χ3v) is 8.01. The summed E-state index contributed by atoms with van der Waals surface area (Å²) in [6.07, 6.45) is 8.38. The van der Waals surface area contributed by atoms with E-state index in [1.165, 1.54) is 5.57 Å². The normalized spacial score (nSPS) is 54.2. The second-order valence-corrected chi connectivity index (χ2v) is 8.90. The van der Waals surface area contributed by atoms with Crippen LogP contribution in [0.15, 0.2) is 16.8 Å². The topological polar surface area (TPSA) is 73.1 Å². The first kappa shape index (κ1) is 15.6. The summed E-state index contributed by atoms with van der Waals surface area (Å²) in [7, 11) is 0. The lowest BCUT2D eigenvalue weighted by Crippen LogP contribution is -2.51. The Morgan fingerprint density at radius 3 is 2.61 bits per heavy atom. The molecule has 0 aromatic heterocycles. The summed E-state index contributed by atoms with van der Waals surface area (Å²) in [5.74, 6) is 1.61.